The fourth-order valence-electron chi connectivity index (χ4n) is 2.38. The van der Waals surface area contributed by atoms with Crippen LogP contribution >= 0.6 is 15.9 Å². The first-order chi connectivity index (χ1) is 9.15. The molecule has 1 aliphatic rings. The number of hydrogen-bond acceptors (Lipinski definition) is 2. The number of amides is 1. The minimum atomic E-state index is -0.0321. The van der Waals surface area contributed by atoms with E-state index < -0.39 is 0 Å². The summed E-state index contributed by atoms with van der Waals surface area (Å²) in [4.78, 5) is 11.8. The van der Waals surface area contributed by atoms with Gasteiger partial charge in [0.15, 0.2) is 6.61 Å². The molecule has 2 rings (SSSR count). The Morgan fingerprint density at radius 3 is 2.68 bits per heavy atom. The van der Waals surface area contributed by atoms with Crippen molar-refractivity contribution < 1.29 is 9.53 Å². The second-order valence-electron chi connectivity index (χ2n) is 5.24. The van der Waals surface area contributed by atoms with Gasteiger partial charge in [-0.15, -0.1) is 0 Å². The average molecular weight is 326 g/mol. The number of nitrogens with one attached hydrogen (secondary N) is 1. The lowest BCUT2D eigenvalue weighted by Gasteiger charge is -2.26. The van der Waals surface area contributed by atoms with E-state index in [9.17, 15) is 4.79 Å². The van der Waals surface area contributed by atoms with Crippen LogP contribution in [0.15, 0.2) is 28.7 Å². The molecule has 0 aliphatic heterocycles. The van der Waals surface area contributed by atoms with Crippen molar-refractivity contribution >= 4 is 21.8 Å². The summed E-state index contributed by atoms with van der Waals surface area (Å²) in [5, 5.41) is 3.05. The summed E-state index contributed by atoms with van der Waals surface area (Å²) >= 11 is 3.39. The largest absolute Gasteiger partial charge is 0.483 e. The predicted octanol–water partition coefficient (Wildman–Crippen LogP) is 3.52. The molecule has 0 bridgehead atoms. The van der Waals surface area contributed by atoms with Crippen LogP contribution < -0.4 is 10.1 Å². The Balaban J connectivity index is 1.74. The lowest BCUT2D eigenvalue weighted by Crippen LogP contribution is -2.39. The molecule has 3 nitrogen and oxygen atoms in total. The van der Waals surface area contributed by atoms with E-state index in [0.29, 0.717) is 11.8 Å². The van der Waals surface area contributed by atoms with Crippen LogP contribution in [0.1, 0.15) is 32.6 Å². The SMILES string of the molecule is CC1CCC(NC(=O)COc2ccccc2Br)CC1. The molecule has 0 spiro atoms. The van der Waals surface area contributed by atoms with Crippen molar-refractivity contribution in [1.29, 1.82) is 0 Å². The van der Waals surface area contributed by atoms with Gasteiger partial charge in [0.25, 0.3) is 5.91 Å². The maximum absolute atomic E-state index is 11.8. The standard InChI is InChI=1S/C15H20BrNO2/c1-11-6-8-12(9-7-11)17-15(18)10-19-14-5-3-2-4-13(14)16/h2-5,11-12H,6-10H2,1H3,(H,17,18). The van der Waals surface area contributed by atoms with Gasteiger partial charge in [0.2, 0.25) is 0 Å². The van der Waals surface area contributed by atoms with Crippen LogP contribution in [0.5, 0.6) is 5.75 Å². The molecular formula is C15H20BrNO2. The molecule has 1 aliphatic carbocycles. The second kappa shape index (κ2) is 6.94. The van der Waals surface area contributed by atoms with Gasteiger partial charge in [0, 0.05) is 6.04 Å². The van der Waals surface area contributed by atoms with Crippen LogP contribution in [0.25, 0.3) is 0 Å². The third-order valence-corrected chi connectivity index (χ3v) is 4.23. The smallest absolute Gasteiger partial charge is 0.258 e. The Hall–Kier alpha value is -1.03. The summed E-state index contributed by atoms with van der Waals surface area (Å²) in [6, 6.07) is 7.88. The van der Waals surface area contributed by atoms with Crippen LogP contribution in [-0.2, 0) is 4.79 Å². The second-order valence-corrected chi connectivity index (χ2v) is 6.10. The molecule has 1 aromatic rings. The molecule has 0 heterocycles. The minimum Gasteiger partial charge on any atom is -0.483 e. The minimum absolute atomic E-state index is 0.0321. The third-order valence-electron chi connectivity index (χ3n) is 3.58. The number of benzene rings is 1. The van der Waals surface area contributed by atoms with E-state index in [0.717, 1.165) is 23.2 Å². The molecule has 1 amide bonds. The fourth-order valence-corrected chi connectivity index (χ4v) is 2.78. The molecule has 0 saturated heterocycles. The Bertz CT molecular complexity index is 428. The predicted molar refractivity (Wildman–Crippen MR) is 79.2 cm³/mol. The van der Waals surface area contributed by atoms with Crippen LogP contribution in [0.4, 0.5) is 0 Å². The number of hydrogen-bond donors (Lipinski definition) is 1. The molecule has 1 fully saturated rings. The van der Waals surface area contributed by atoms with Crippen molar-refractivity contribution in [3.63, 3.8) is 0 Å². The monoisotopic (exact) mass is 325 g/mol. The van der Waals surface area contributed by atoms with Crippen molar-refractivity contribution in [3.05, 3.63) is 28.7 Å². The lowest BCUT2D eigenvalue weighted by molar-refractivity contribution is -0.124. The maximum atomic E-state index is 11.8. The number of carbonyl (C=O) groups excluding carboxylic acids is 1. The molecule has 1 saturated carbocycles. The highest BCUT2D eigenvalue weighted by atomic mass is 79.9. The zero-order valence-electron chi connectivity index (χ0n) is 11.2. The number of carbonyl (C=O) groups is 1. The molecule has 0 radical (unpaired) electrons. The van der Waals surface area contributed by atoms with Gasteiger partial charge >= 0.3 is 0 Å². The van der Waals surface area contributed by atoms with E-state index in [1.54, 1.807) is 0 Å². The first-order valence-corrected chi connectivity index (χ1v) is 7.61. The average Bonchev–Trinajstić information content (AvgIpc) is 2.40. The van der Waals surface area contributed by atoms with E-state index in [1.165, 1.54) is 12.8 Å². The molecule has 104 valence electrons. The molecule has 1 aromatic carbocycles. The highest BCUT2D eigenvalue weighted by molar-refractivity contribution is 9.10. The van der Waals surface area contributed by atoms with Crippen molar-refractivity contribution in [2.45, 2.75) is 38.6 Å². The highest BCUT2D eigenvalue weighted by Gasteiger charge is 2.19. The zero-order valence-corrected chi connectivity index (χ0v) is 12.8. The third kappa shape index (κ3) is 4.53. The molecule has 4 heteroatoms. The number of rotatable bonds is 4. The number of ether oxygens (including phenoxy) is 1. The topological polar surface area (TPSA) is 38.3 Å². The Kier molecular flexibility index (Phi) is 5.25. The van der Waals surface area contributed by atoms with Gasteiger partial charge in [-0.2, -0.15) is 0 Å². The summed E-state index contributed by atoms with van der Waals surface area (Å²) in [7, 11) is 0. The number of halogens is 1. The summed E-state index contributed by atoms with van der Waals surface area (Å²) in [6.07, 6.45) is 4.58. The normalized spacial score (nSPS) is 22.8. The summed E-state index contributed by atoms with van der Waals surface area (Å²) in [5.74, 6) is 1.47. The van der Waals surface area contributed by atoms with Crippen LogP contribution in [0.2, 0.25) is 0 Å². The van der Waals surface area contributed by atoms with E-state index in [4.69, 9.17) is 4.74 Å². The van der Waals surface area contributed by atoms with E-state index in [-0.39, 0.29) is 12.5 Å². The molecule has 0 aromatic heterocycles. The van der Waals surface area contributed by atoms with Crippen molar-refractivity contribution in [2.24, 2.45) is 5.92 Å². The summed E-state index contributed by atoms with van der Waals surface area (Å²) in [5.41, 5.74) is 0. The van der Waals surface area contributed by atoms with Crippen LogP contribution in [0.3, 0.4) is 0 Å². The van der Waals surface area contributed by atoms with Gasteiger partial charge in [-0.3, -0.25) is 4.79 Å². The van der Waals surface area contributed by atoms with E-state index in [1.807, 2.05) is 24.3 Å². The van der Waals surface area contributed by atoms with Crippen molar-refractivity contribution in [1.82, 2.24) is 5.32 Å². The molecule has 0 atom stereocenters. The zero-order chi connectivity index (χ0) is 13.7. The van der Waals surface area contributed by atoms with Gasteiger partial charge in [-0.1, -0.05) is 19.1 Å². The molecular weight excluding hydrogens is 306 g/mol. The van der Waals surface area contributed by atoms with Crippen molar-refractivity contribution in [2.75, 3.05) is 6.61 Å². The molecule has 19 heavy (non-hydrogen) atoms. The van der Waals surface area contributed by atoms with E-state index >= 15 is 0 Å². The Labute approximate surface area is 122 Å². The van der Waals surface area contributed by atoms with Crippen LogP contribution in [-0.4, -0.2) is 18.6 Å². The van der Waals surface area contributed by atoms with Crippen molar-refractivity contribution in [3.8, 4) is 5.75 Å². The van der Waals surface area contributed by atoms with Gasteiger partial charge in [-0.25, -0.2) is 0 Å². The molecule has 1 N–H and O–H groups in total. The van der Waals surface area contributed by atoms with Gasteiger partial charge in [-0.05, 0) is 59.7 Å². The maximum Gasteiger partial charge on any atom is 0.258 e. The first-order valence-electron chi connectivity index (χ1n) is 6.82. The summed E-state index contributed by atoms with van der Waals surface area (Å²) < 4.78 is 6.37. The van der Waals surface area contributed by atoms with E-state index in [2.05, 4.69) is 28.2 Å². The van der Waals surface area contributed by atoms with Gasteiger partial charge < -0.3 is 10.1 Å². The number of para-hydroxylation sites is 1. The fraction of sp³-hybridized carbons (Fsp3) is 0.533. The quantitative estimate of drug-likeness (QED) is 0.919. The lowest BCUT2D eigenvalue weighted by atomic mass is 9.87. The van der Waals surface area contributed by atoms with Gasteiger partial charge in [0.05, 0.1) is 4.47 Å². The van der Waals surface area contributed by atoms with Crippen LogP contribution in [0, 0.1) is 5.92 Å². The molecule has 0 unspecified atom stereocenters. The highest BCUT2D eigenvalue weighted by Crippen LogP contribution is 2.24. The van der Waals surface area contributed by atoms with Gasteiger partial charge in [0.1, 0.15) is 5.75 Å². The Morgan fingerprint density at radius 1 is 1.32 bits per heavy atom. The Morgan fingerprint density at radius 2 is 2.00 bits per heavy atom. The summed E-state index contributed by atoms with van der Waals surface area (Å²) in [6.45, 7) is 2.35. The first kappa shape index (κ1) is 14.4.